The summed E-state index contributed by atoms with van der Waals surface area (Å²) >= 11 is 0. The molecule has 1 aromatic carbocycles. The zero-order chi connectivity index (χ0) is 16.2. The molecule has 122 valence electrons. The van der Waals surface area contributed by atoms with Gasteiger partial charge in [-0.25, -0.2) is 8.42 Å². The minimum absolute atomic E-state index is 0. The smallest absolute Gasteiger partial charge is 0.716 e. The van der Waals surface area contributed by atoms with E-state index in [0.717, 1.165) is 24.8 Å². The van der Waals surface area contributed by atoms with E-state index in [4.69, 9.17) is 0 Å². The van der Waals surface area contributed by atoms with Crippen LogP contribution in [0.1, 0.15) is 42.7 Å². The van der Waals surface area contributed by atoms with Crippen molar-refractivity contribution in [3.63, 3.8) is 0 Å². The third-order valence-electron chi connectivity index (χ3n) is 5.44. The Morgan fingerprint density at radius 2 is 1.92 bits per heavy atom. The first-order valence-corrected chi connectivity index (χ1v) is 9.26. The van der Waals surface area contributed by atoms with Crippen LogP contribution in [-0.4, -0.2) is 18.8 Å². The molecule has 5 nitrogen and oxygen atoms in total. The van der Waals surface area contributed by atoms with Gasteiger partial charge in [-0.1, -0.05) is 17.7 Å². The number of hydrogen-bond acceptors (Lipinski definition) is 5. The summed E-state index contributed by atoms with van der Waals surface area (Å²) in [6, 6.07) is 5.05. The third kappa shape index (κ3) is 3.22. The maximum atomic E-state index is 12.0. The molecule has 0 saturated heterocycles. The van der Waals surface area contributed by atoms with Crippen LogP contribution >= 0.6 is 0 Å². The van der Waals surface area contributed by atoms with Gasteiger partial charge >= 0.3 is 29.6 Å². The molecule has 0 N–H and O–H groups in total. The van der Waals surface area contributed by atoms with Gasteiger partial charge in [0.05, 0.1) is 0 Å². The summed E-state index contributed by atoms with van der Waals surface area (Å²) < 4.78 is 36.6. The van der Waals surface area contributed by atoms with Crippen molar-refractivity contribution in [1.82, 2.24) is 0 Å². The molecule has 4 rings (SSSR count). The van der Waals surface area contributed by atoms with E-state index in [-0.39, 0.29) is 41.2 Å². The van der Waals surface area contributed by atoms with Crippen LogP contribution in [-0.2, 0) is 21.6 Å². The molecule has 1 aromatic rings. The van der Waals surface area contributed by atoms with Crippen LogP contribution in [0.2, 0.25) is 0 Å². The molecule has 0 unspecified atom stereocenters. The number of allylic oxidation sites excluding steroid dienone is 2. The number of carbonyl (C=O) groups excluding carboxylic acids is 1. The minimum atomic E-state index is -4.75. The van der Waals surface area contributed by atoms with Crippen molar-refractivity contribution in [2.45, 2.75) is 38.0 Å². The van der Waals surface area contributed by atoms with Gasteiger partial charge in [0.2, 0.25) is 0 Å². The Morgan fingerprint density at radius 1 is 1.12 bits per heavy atom. The van der Waals surface area contributed by atoms with Gasteiger partial charge in [0, 0.05) is 18.3 Å². The average molecular weight is 356 g/mol. The summed E-state index contributed by atoms with van der Waals surface area (Å²) in [5.74, 6) is 1.37. The number of fused-ring (bicyclic) bond motifs is 5. The maximum Gasteiger partial charge on any atom is 1.00 e. The minimum Gasteiger partial charge on any atom is -0.716 e. The number of ketones is 1. The predicted octanol–water partition coefficient (Wildman–Crippen LogP) is -0.515. The molecule has 0 heterocycles. The van der Waals surface area contributed by atoms with Crippen LogP contribution in [0.4, 0.5) is 0 Å². The molecule has 0 aromatic heterocycles. The number of benzene rings is 1. The third-order valence-corrected chi connectivity index (χ3v) is 5.84. The molecule has 7 heteroatoms. The van der Waals surface area contributed by atoms with E-state index in [0.29, 0.717) is 30.5 Å². The zero-order valence-electron chi connectivity index (χ0n) is 13.5. The maximum absolute atomic E-state index is 12.0. The summed E-state index contributed by atoms with van der Waals surface area (Å²) in [6.45, 7) is 0. The van der Waals surface area contributed by atoms with E-state index in [9.17, 15) is 17.8 Å². The van der Waals surface area contributed by atoms with Gasteiger partial charge in [-0.2, -0.15) is 0 Å². The van der Waals surface area contributed by atoms with E-state index in [1.165, 1.54) is 11.1 Å². The first kappa shape index (κ1) is 18.1. The second-order valence-corrected chi connectivity index (χ2v) is 7.59. The van der Waals surface area contributed by atoms with E-state index < -0.39 is 10.4 Å². The number of carbonyl (C=O) groups is 1. The van der Waals surface area contributed by atoms with Crippen molar-refractivity contribution in [3.8, 4) is 5.75 Å². The van der Waals surface area contributed by atoms with Gasteiger partial charge in [-0.3, -0.25) is 4.79 Å². The number of Topliss-reactive ketones (excluding diaryl/α,β-unsaturated/α-hetero) is 1. The van der Waals surface area contributed by atoms with Gasteiger partial charge in [-0.15, -0.1) is 0 Å². The van der Waals surface area contributed by atoms with Gasteiger partial charge in [-0.05, 0) is 54.9 Å². The number of rotatable bonds is 2. The Kier molecular flexibility index (Phi) is 4.97. The fraction of sp³-hybridized carbons (Fsp3) is 0.471. The average Bonchev–Trinajstić information content (AvgIpc) is 2.86. The van der Waals surface area contributed by atoms with Crippen molar-refractivity contribution in [1.29, 1.82) is 0 Å². The van der Waals surface area contributed by atoms with Crippen molar-refractivity contribution in [3.05, 3.63) is 41.0 Å². The standard InChI is InChI=1S/C17H18O5S.Na/c18-17-8-7-15-14-3-1-10-9-11(22-23(19,20)21)2-4-12(10)13(14)5-6-16(15)17;/h2-4,9,13,15-16H,1,5-8H2,(H,19,20,21);/q;+1/p-1/t13-,15+,16+;/m1./s1. The first-order valence-electron chi connectivity index (χ1n) is 7.93. The SMILES string of the molecule is O=C1CC[C@H]2C3=CCc4cc(OS(=O)(=O)[O-])ccc4[C@H]3CC[C@H]12.[Na+]. The zero-order valence-corrected chi connectivity index (χ0v) is 16.3. The molecule has 3 aliphatic rings. The Morgan fingerprint density at radius 3 is 2.67 bits per heavy atom. The molecule has 0 spiro atoms. The molecule has 0 aliphatic heterocycles. The van der Waals surface area contributed by atoms with Crippen molar-refractivity contribution >= 4 is 16.2 Å². The van der Waals surface area contributed by atoms with Gasteiger partial charge in [0.25, 0.3) is 10.4 Å². The second-order valence-electron chi connectivity index (χ2n) is 6.61. The summed E-state index contributed by atoms with van der Waals surface area (Å²) in [6.07, 6.45) is 6.41. The summed E-state index contributed by atoms with van der Waals surface area (Å²) in [7, 11) is -4.75. The van der Waals surface area contributed by atoms with E-state index >= 15 is 0 Å². The molecule has 2 fully saturated rings. The van der Waals surface area contributed by atoms with Crippen molar-refractivity contribution in [2.75, 3.05) is 0 Å². The molecule has 2 saturated carbocycles. The largest absolute Gasteiger partial charge is 1.00 e. The molecule has 3 atom stereocenters. The van der Waals surface area contributed by atoms with Crippen LogP contribution in [0.15, 0.2) is 29.8 Å². The van der Waals surface area contributed by atoms with Gasteiger partial charge in [0.15, 0.2) is 0 Å². The van der Waals surface area contributed by atoms with Crippen molar-refractivity contribution < 1.29 is 51.5 Å². The normalized spacial score (nSPS) is 28.1. The van der Waals surface area contributed by atoms with Crippen LogP contribution in [0.25, 0.3) is 0 Å². The molecular weight excluding hydrogens is 339 g/mol. The summed E-state index contributed by atoms with van der Waals surface area (Å²) in [4.78, 5) is 12.0. The van der Waals surface area contributed by atoms with Crippen LogP contribution < -0.4 is 33.7 Å². The number of hydrogen-bond donors (Lipinski definition) is 0. The molecule has 0 radical (unpaired) electrons. The van der Waals surface area contributed by atoms with Crippen molar-refractivity contribution in [2.24, 2.45) is 11.8 Å². The topological polar surface area (TPSA) is 83.5 Å². The predicted molar refractivity (Wildman–Crippen MR) is 81.8 cm³/mol. The van der Waals surface area contributed by atoms with Gasteiger partial charge < -0.3 is 8.74 Å². The van der Waals surface area contributed by atoms with Crippen LogP contribution in [0.3, 0.4) is 0 Å². The fourth-order valence-corrected chi connectivity index (χ4v) is 4.91. The molecule has 0 amide bonds. The Hall–Kier alpha value is -0.660. The second kappa shape index (κ2) is 6.57. The summed E-state index contributed by atoms with van der Waals surface area (Å²) in [5.41, 5.74) is 3.56. The first-order chi connectivity index (χ1) is 10.9. The van der Waals surface area contributed by atoms with Crippen LogP contribution in [0, 0.1) is 11.8 Å². The summed E-state index contributed by atoms with van der Waals surface area (Å²) in [5, 5.41) is 0. The molecule has 0 bridgehead atoms. The van der Waals surface area contributed by atoms with E-state index in [2.05, 4.69) is 10.3 Å². The monoisotopic (exact) mass is 356 g/mol. The van der Waals surface area contributed by atoms with E-state index in [1.54, 1.807) is 12.1 Å². The van der Waals surface area contributed by atoms with Gasteiger partial charge in [0.1, 0.15) is 11.5 Å². The fourth-order valence-electron chi connectivity index (χ4n) is 4.57. The van der Waals surface area contributed by atoms with E-state index in [1.807, 2.05) is 6.07 Å². The Labute approximate surface area is 163 Å². The quantitative estimate of drug-likeness (QED) is 0.308. The molecular formula is C17H17NaO5S. The Balaban J connectivity index is 0.00000169. The van der Waals surface area contributed by atoms with Crippen LogP contribution in [0.5, 0.6) is 5.75 Å². The molecule has 24 heavy (non-hydrogen) atoms. The Bertz CT molecular complexity index is 814. The molecule has 3 aliphatic carbocycles.